The molecule has 2 amide bonds. The maximum absolute atomic E-state index is 12.1. The zero-order valence-electron chi connectivity index (χ0n) is 9.55. The summed E-state index contributed by atoms with van der Waals surface area (Å²) in [7, 11) is 0. The summed E-state index contributed by atoms with van der Waals surface area (Å²) in [6, 6.07) is 5.58. The smallest absolute Gasteiger partial charge is 0.335 e. The first kappa shape index (κ1) is 12.7. The number of nitrogens with one attached hydrogen (secondary N) is 2. The van der Waals surface area contributed by atoms with Crippen molar-refractivity contribution in [3.8, 4) is 0 Å². The molecule has 2 N–H and O–H groups in total. The Balaban J connectivity index is 1.88. The molecule has 0 aliphatic heterocycles. The summed E-state index contributed by atoms with van der Waals surface area (Å²) in [5.41, 5.74) is 0.662. The van der Waals surface area contributed by atoms with Crippen LogP contribution in [-0.2, 0) is 6.42 Å². The van der Waals surface area contributed by atoms with Crippen LogP contribution in [0.2, 0.25) is 0 Å². The average molecular weight is 258 g/mol. The Morgan fingerprint density at radius 3 is 2.33 bits per heavy atom. The molecule has 0 radical (unpaired) electrons. The number of urea groups is 1. The van der Waals surface area contributed by atoms with E-state index in [0.717, 1.165) is 12.8 Å². The van der Waals surface area contributed by atoms with Gasteiger partial charge < -0.3 is 10.6 Å². The minimum Gasteiger partial charge on any atom is -0.335 e. The van der Waals surface area contributed by atoms with Crippen molar-refractivity contribution in [1.82, 2.24) is 5.32 Å². The van der Waals surface area contributed by atoms with Crippen LogP contribution in [0.3, 0.4) is 0 Å². The van der Waals surface area contributed by atoms with Gasteiger partial charge >= 0.3 is 12.2 Å². The van der Waals surface area contributed by atoms with Gasteiger partial charge in [0.25, 0.3) is 0 Å². The fourth-order valence-electron chi connectivity index (χ4n) is 1.52. The van der Waals surface area contributed by atoms with E-state index >= 15 is 0 Å². The van der Waals surface area contributed by atoms with Crippen LogP contribution in [0.4, 0.5) is 23.7 Å². The molecule has 18 heavy (non-hydrogen) atoms. The Morgan fingerprint density at radius 2 is 1.83 bits per heavy atom. The summed E-state index contributed by atoms with van der Waals surface area (Å²) < 4.78 is 36.4. The van der Waals surface area contributed by atoms with Gasteiger partial charge in [0, 0.05) is 11.7 Å². The summed E-state index contributed by atoms with van der Waals surface area (Å²) >= 11 is 0. The number of hydrogen-bond donors (Lipinski definition) is 2. The highest BCUT2D eigenvalue weighted by molar-refractivity contribution is 5.89. The van der Waals surface area contributed by atoms with Gasteiger partial charge in [-0.3, -0.25) is 0 Å². The lowest BCUT2D eigenvalue weighted by atomic mass is 10.1. The highest BCUT2D eigenvalue weighted by Gasteiger charge is 2.27. The molecule has 0 bridgehead atoms. The number of hydrogen-bond acceptors (Lipinski definition) is 1. The van der Waals surface area contributed by atoms with Gasteiger partial charge in [-0.05, 0) is 30.5 Å². The Labute approximate surface area is 102 Å². The predicted molar refractivity (Wildman–Crippen MR) is 61.4 cm³/mol. The van der Waals surface area contributed by atoms with Crippen LogP contribution in [0.25, 0.3) is 0 Å². The number of alkyl halides is 3. The first-order valence-corrected chi connectivity index (χ1v) is 5.65. The van der Waals surface area contributed by atoms with Gasteiger partial charge in [-0.15, -0.1) is 0 Å². The molecule has 0 saturated heterocycles. The molecule has 3 nitrogen and oxygen atoms in total. The van der Waals surface area contributed by atoms with Crippen LogP contribution < -0.4 is 10.6 Å². The molecule has 1 aliphatic rings. The molecule has 1 aromatic rings. The summed E-state index contributed by atoms with van der Waals surface area (Å²) in [6.45, 7) is 0. The zero-order chi connectivity index (χ0) is 13.2. The first-order valence-electron chi connectivity index (χ1n) is 5.65. The zero-order valence-corrected chi connectivity index (χ0v) is 9.55. The van der Waals surface area contributed by atoms with E-state index in [1.165, 1.54) is 24.3 Å². The predicted octanol–water partition coefficient (Wildman–Crippen LogP) is 3.08. The number of rotatable bonds is 3. The normalized spacial score (nSPS) is 15.3. The van der Waals surface area contributed by atoms with Crippen LogP contribution in [0.1, 0.15) is 18.4 Å². The van der Waals surface area contributed by atoms with Crippen molar-refractivity contribution in [3.63, 3.8) is 0 Å². The highest BCUT2D eigenvalue weighted by Crippen LogP contribution is 2.22. The second kappa shape index (κ2) is 4.88. The van der Waals surface area contributed by atoms with Crippen molar-refractivity contribution >= 4 is 11.7 Å². The van der Waals surface area contributed by atoms with Gasteiger partial charge in [-0.25, -0.2) is 4.79 Å². The number of benzene rings is 1. The van der Waals surface area contributed by atoms with E-state index in [-0.39, 0.29) is 17.6 Å². The van der Waals surface area contributed by atoms with Gasteiger partial charge in [-0.1, -0.05) is 12.1 Å². The van der Waals surface area contributed by atoms with Crippen LogP contribution in [0.5, 0.6) is 0 Å². The molecule has 0 atom stereocenters. The van der Waals surface area contributed by atoms with Crippen molar-refractivity contribution < 1.29 is 18.0 Å². The molecule has 0 spiro atoms. The Bertz CT molecular complexity index is 424. The standard InChI is InChI=1S/C12H13F3N2O/c13-12(14,15)7-8-1-3-9(4-2-8)16-11(18)17-10-5-6-10/h1-4,10H,5-7H2,(H2,16,17,18). The van der Waals surface area contributed by atoms with Crippen LogP contribution in [0.15, 0.2) is 24.3 Å². The van der Waals surface area contributed by atoms with Crippen molar-refractivity contribution in [2.45, 2.75) is 31.5 Å². The largest absolute Gasteiger partial charge is 0.393 e. The Hall–Kier alpha value is -1.72. The van der Waals surface area contributed by atoms with Gasteiger partial charge in [0.1, 0.15) is 0 Å². The number of amides is 2. The number of halogens is 3. The number of carbonyl (C=O) groups excluding carboxylic acids is 1. The third-order valence-electron chi connectivity index (χ3n) is 2.53. The molecule has 1 aromatic carbocycles. The lowest BCUT2D eigenvalue weighted by Crippen LogP contribution is -2.30. The number of anilines is 1. The minimum atomic E-state index is -4.21. The van der Waals surface area contributed by atoms with Gasteiger partial charge in [-0.2, -0.15) is 13.2 Å². The lowest BCUT2D eigenvalue weighted by Gasteiger charge is -2.09. The van der Waals surface area contributed by atoms with Crippen LogP contribution in [-0.4, -0.2) is 18.2 Å². The summed E-state index contributed by atoms with van der Waals surface area (Å²) in [5.74, 6) is 0. The van der Waals surface area contributed by atoms with E-state index < -0.39 is 12.6 Å². The van der Waals surface area contributed by atoms with Crippen LogP contribution in [0, 0.1) is 0 Å². The van der Waals surface area contributed by atoms with Gasteiger partial charge in [0.05, 0.1) is 6.42 Å². The third-order valence-corrected chi connectivity index (χ3v) is 2.53. The molecule has 0 aromatic heterocycles. The fourth-order valence-corrected chi connectivity index (χ4v) is 1.52. The second-order valence-corrected chi connectivity index (χ2v) is 4.36. The SMILES string of the molecule is O=C(Nc1ccc(CC(F)(F)F)cc1)NC1CC1. The Morgan fingerprint density at radius 1 is 1.22 bits per heavy atom. The second-order valence-electron chi connectivity index (χ2n) is 4.36. The summed E-state index contributed by atoms with van der Waals surface area (Å²) in [4.78, 5) is 11.4. The first-order chi connectivity index (χ1) is 8.42. The van der Waals surface area contributed by atoms with E-state index in [2.05, 4.69) is 10.6 Å². The summed E-state index contributed by atoms with van der Waals surface area (Å²) in [5, 5.41) is 5.30. The molecule has 1 aliphatic carbocycles. The van der Waals surface area contributed by atoms with E-state index in [1.807, 2.05) is 0 Å². The molecule has 1 fully saturated rings. The van der Waals surface area contributed by atoms with Crippen molar-refractivity contribution in [1.29, 1.82) is 0 Å². The maximum atomic E-state index is 12.1. The molecule has 0 heterocycles. The van der Waals surface area contributed by atoms with E-state index in [9.17, 15) is 18.0 Å². The molecule has 0 unspecified atom stereocenters. The van der Waals surface area contributed by atoms with Gasteiger partial charge in [0.15, 0.2) is 0 Å². The quantitative estimate of drug-likeness (QED) is 0.859. The maximum Gasteiger partial charge on any atom is 0.393 e. The monoisotopic (exact) mass is 258 g/mol. The topological polar surface area (TPSA) is 41.1 Å². The van der Waals surface area contributed by atoms with E-state index in [4.69, 9.17) is 0 Å². The van der Waals surface area contributed by atoms with Crippen LogP contribution >= 0.6 is 0 Å². The van der Waals surface area contributed by atoms with Crippen molar-refractivity contribution in [2.75, 3.05) is 5.32 Å². The van der Waals surface area contributed by atoms with Gasteiger partial charge in [0.2, 0.25) is 0 Å². The summed E-state index contributed by atoms with van der Waals surface area (Å²) in [6.07, 6.45) is -3.20. The third kappa shape index (κ3) is 4.27. The lowest BCUT2D eigenvalue weighted by molar-refractivity contribution is -0.127. The Kier molecular flexibility index (Phi) is 3.45. The molecule has 2 rings (SSSR count). The van der Waals surface area contributed by atoms with Crippen molar-refractivity contribution in [2.24, 2.45) is 0 Å². The molecular formula is C12H13F3N2O. The van der Waals surface area contributed by atoms with E-state index in [1.54, 1.807) is 0 Å². The average Bonchev–Trinajstić information content (AvgIpc) is 3.02. The van der Waals surface area contributed by atoms with Crippen molar-refractivity contribution in [3.05, 3.63) is 29.8 Å². The molecule has 98 valence electrons. The molecular weight excluding hydrogens is 245 g/mol. The minimum absolute atomic E-state index is 0.177. The molecule has 6 heteroatoms. The van der Waals surface area contributed by atoms with E-state index in [0.29, 0.717) is 5.69 Å². The molecule has 1 saturated carbocycles. The highest BCUT2D eigenvalue weighted by atomic mass is 19.4. The number of carbonyl (C=O) groups is 1. The fraction of sp³-hybridized carbons (Fsp3) is 0.417.